The summed E-state index contributed by atoms with van der Waals surface area (Å²) >= 11 is 0. The Hall–Kier alpha value is -3.95. The lowest BCUT2D eigenvalue weighted by Crippen LogP contribution is -2.35. The molecule has 0 aromatic carbocycles. The summed E-state index contributed by atoms with van der Waals surface area (Å²) in [5.41, 5.74) is 1.65. The van der Waals surface area contributed by atoms with Crippen LogP contribution in [0.1, 0.15) is 50.2 Å². The number of halogens is 2. The number of hydrogen-bond acceptors (Lipinski definition) is 8. The van der Waals surface area contributed by atoms with Crippen LogP contribution in [0.5, 0.6) is 0 Å². The van der Waals surface area contributed by atoms with Crippen molar-refractivity contribution in [3.05, 3.63) is 76.7 Å². The minimum absolute atomic E-state index is 0.212. The third-order valence-corrected chi connectivity index (χ3v) is 6.45. The molecule has 3 aromatic rings. The summed E-state index contributed by atoms with van der Waals surface area (Å²) in [6, 6.07) is 6.94. The number of aliphatic hydroxyl groups is 1. The van der Waals surface area contributed by atoms with Gasteiger partial charge in [0.05, 0.1) is 22.9 Å². The summed E-state index contributed by atoms with van der Waals surface area (Å²) in [5.74, 6) is -1.14. The third-order valence-electron chi connectivity index (χ3n) is 6.45. The van der Waals surface area contributed by atoms with Crippen LogP contribution in [0.2, 0.25) is 0 Å². The van der Waals surface area contributed by atoms with E-state index in [0.29, 0.717) is 41.9 Å². The molecule has 9 nitrogen and oxygen atoms in total. The summed E-state index contributed by atoms with van der Waals surface area (Å²) in [7, 11) is 0. The van der Waals surface area contributed by atoms with Crippen LogP contribution in [-0.4, -0.2) is 43.1 Å². The number of rotatable bonds is 4. The minimum atomic E-state index is -1.17. The van der Waals surface area contributed by atoms with Crippen LogP contribution in [0.3, 0.4) is 0 Å². The average Bonchev–Trinajstić information content (AvgIpc) is 3.56. The molecule has 2 atom stereocenters. The van der Waals surface area contributed by atoms with Crippen molar-refractivity contribution in [1.82, 2.24) is 19.8 Å². The van der Waals surface area contributed by atoms with Crippen LogP contribution in [0, 0.1) is 5.82 Å². The number of aromatic nitrogens is 4. The highest BCUT2D eigenvalue weighted by atomic mass is 19.1. The van der Waals surface area contributed by atoms with Gasteiger partial charge in [-0.1, -0.05) is 5.10 Å². The maximum Gasteiger partial charge on any atom is 0.319 e. The molecule has 0 saturated heterocycles. The fourth-order valence-electron chi connectivity index (χ4n) is 4.65. The van der Waals surface area contributed by atoms with Gasteiger partial charge in [0, 0.05) is 19.2 Å². The van der Waals surface area contributed by atoms with E-state index in [1.54, 1.807) is 32.2 Å². The van der Waals surface area contributed by atoms with E-state index in [9.17, 15) is 13.9 Å². The van der Waals surface area contributed by atoms with Crippen LogP contribution in [0.25, 0.3) is 5.52 Å². The van der Waals surface area contributed by atoms with E-state index >= 15 is 0 Å². The molecule has 0 fully saturated rings. The maximum absolute atomic E-state index is 14.4. The summed E-state index contributed by atoms with van der Waals surface area (Å²) in [6.45, 7) is 3.70. The van der Waals surface area contributed by atoms with Crippen molar-refractivity contribution in [3.8, 4) is 0 Å². The molecule has 0 saturated carbocycles. The normalized spacial score (nSPS) is 22.1. The number of aliphatic imine (C=N–C) groups is 2. The van der Waals surface area contributed by atoms with Crippen molar-refractivity contribution in [2.75, 3.05) is 11.4 Å². The molecule has 178 valence electrons. The van der Waals surface area contributed by atoms with Crippen molar-refractivity contribution >= 4 is 17.5 Å². The molecule has 3 aromatic heterocycles. The standard InChI is InChI=1S/C24H21F2N7O2/c1-24(2,34)14-8-13(9-15(25)10-14)22-29-30-23(35-22)32-7-5-17-20(28-12-27-17)21(32)18-11-19-16(26)4-3-6-33(19)31-18/h3-4,6,9-11,13,21,34H,5,7-8H2,1-2H3/t13?,21-/m0/s1. The molecule has 2 aliphatic heterocycles. The molecule has 1 N–H and O–H groups in total. The Kier molecular flexibility index (Phi) is 4.80. The smallest absolute Gasteiger partial charge is 0.319 e. The highest BCUT2D eigenvalue weighted by molar-refractivity contribution is 5.59. The molecule has 0 radical (unpaired) electrons. The lowest BCUT2D eigenvalue weighted by atomic mass is 9.85. The van der Waals surface area contributed by atoms with Gasteiger partial charge in [-0.2, -0.15) is 15.1 Å². The minimum Gasteiger partial charge on any atom is -0.407 e. The molecule has 0 amide bonds. The number of nitrogens with zero attached hydrogens (tertiary/aromatic N) is 7. The van der Waals surface area contributed by atoms with Gasteiger partial charge in [0.15, 0.2) is 0 Å². The van der Waals surface area contributed by atoms with Crippen LogP contribution in [0.4, 0.5) is 14.8 Å². The van der Waals surface area contributed by atoms with Crippen LogP contribution in [-0.2, 0) is 0 Å². The van der Waals surface area contributed by atoms with Gasteiger partial charge in [0.25, 0.3) is 0 Å². The molecule has 6 rings (SSSR count). The van der Waals surface area contributed by atoms with E-state index in [-0.39, 0.29) is 11.9 Å². The van der Waals surface area contributed by atoms with E-state index in [1.165, 1.54) is 22.7 Å². The van der Waals surface area contributed by atoms with Gasteiger partial charge in [0.2, 0.25) is 5.89 Å². The van der Waals surface area contributed by atoms with Crippen LogP contribution >= 0.6 is 0 Å². The molecule has 1 aliphatic carbocycles. The molecular weight excluding hydrogens is 456 g/mol. The lowest BCUT2D eigenvalue weighted by molar-refractivity contribution is 0.114. The monoisotopic (exact) mass is 477 g/mol. The van der Waals surface area contributed by atoms with E-state index in [0.717, 1.165) is 5.70 Å². The topological polar surface area (TPSA) is 104 Å². The molecule has 0 spiro atoms. The van der Waals surface area contributed by atoms with Gasteiger partial charge in [0.1, 0.15) is 34.9 Å². The van der Waals surface area contributed by atoms with E-state index in [4.69, 9.17) is 4.42 Å². The van der Waals surface area contributed by atoms with Crippen LogP contribution < -0.4 is 4.90 Å². The summed E-state index contributed by atoms with van der Waals surface area (Å²) in [4.78, 5) is 10.4. The Morgan fingerprint density at radius 3 is 2.89 bits per heavy atom. The Bertz CT molecular complexity index is 1500. The van der Waals surface area contributed by atoms with Gasteiger partial charge < -0.3 is 14.4 Å². The zero-order chi connectivity index (χ0) is 24.3. The molecular formula is C24H21F2N7O2. The first-order valence-electron chi connectivity index (χ1n) is 11.2. The Morgan fingerprint density at radius 2 is 2.09 bits per heavy atom. The zero-order valence-corrected chi connectivity index (χ0v) is 19.0. The van der Waals surface area contributed by atoms with Crippen LogP contribution in [0.15, 0.2) is 73.7 Å². The van der Waals surface area contributed by atoms with Crippen molar-refractivity contribution in [2.24, 2.45) is 9.98 Å². The first-order valence-corrected chi connectivity index (χ1v) is 11.2. The fourth-order valence-corrected chi connectivity index (χ4v) is 4.65. The Labute approximate surface area is 198 Å². The molecule has 3 aliphatic rings. The van der Waals surface area contributed by atoms with E-state index in [1.807, 2.05) is 4.90 Å². The molecule has 11 heteroatoms. The summed E-state index contributed by atoms with van der Waals surface area (Å²) in [5, 5.41) is 23.3. The Balaban J connectivity index is 1.37. The molecule has 0 bridgehead atoms. The van der Waals surface area contributed by atoms with Gasteiger partial charge in [-0.25, -0.2) is 13.3 Å². The number of hydrogen-bond donors (Lipinski definition) is 1. The largest absolute Gasteiger partial charge is 0.407 e. The first kappa shape index (κ1) is 21.6. The average molecular weight is 477 g/mol. The summed E-state index contributed by atoms with van der Waals surface area (Å²) in [6.07, 6.45) is 5.33. The number of pyridine rings is 1. The second-order valence-electron chi connectivity index (χ2n) is 9.27. The predicted octanol–water partition coefficient (Wildman–Crippen LogP) is 4.24. The van der Waals surface area contributed by atoms with Gasteiger partial charge in [-0.15, -0.1) is 5.10 Å². The third kappa shape index (κ3) is 3.69. The molecule has 5 heterocycles. The number of anilines is 1. The van der Waals surface area contributed by atoms with Crippen molar-refractivity contribution in [1.29, 1.82) is 0 Å². The number of fused-ring (bicyclic) bond motifs is 1. The molecule has 1 unspecified atom stereocenters. The van der Waals surface area contributed by atoms with Crippen molar-refractivity contribution in [3.63, 3.8) is 0 Å². The second kappa shape index (κ2) is 7.79. The maximum atomic E-state index is 14.4. The Morgan fingerprint density at radius 1 is 1.23 bits per heavy atom. The van der Waals surface area contributed by atoms with Crippen molar-refractivity contribution < 1.29 is 18.3 Å². The first-order chi connectivity index (χ1) is 16.8. The SMILES string of the molecule is CC(C)(O)C1=CC(F)=CC(c2nnc(N3CCC4=C(N=C=N4)[C@@H]3c3cc4c(F)cccn4n3)o2)C1. The zero-order valence-electron chi connectivity index (χ0n) is 19.0. The highest BCUT2D eigenvalue weighted by Crippen LogP contribution is 2.42. The van der Waals surface area contributed by atoms with Gasteiger partial charge in [-0.05, 0) is 56.2 Å². The second-order valence-corrected chi connectivity index (χ2v) is 9.27. The number of allylic oxidation sites excluding steroid dienone is 3. The predicted molar refractivity (Wildman–Crippen MR) is 122 cm³/mol. The molecule has 35 heavy (non-hydrogen) atoms. The van der Waals surface area contributed by atoms with Gasteiger partial charge in [-0.3, -0.25) is 0 Å². The van der Waals surface area contributed by atoms with E-state index < -0.39 is 29.2 Å². The van der Waals surface area contributed by atoms with E-state index in [2.05, 4.69) is 31.3 Å². The van der Waals surface area contributed by atoms with Gasteiger partial charge >= 0.3 is 6.01 Å². The lowest BCUT2D eigenvalue weighted by Gasteiger charge is -2.32. The highest BCUT2D eigenvalue weighted by Gasteiger charge is 2.38. The quantitative estimate of drug-likeness (QED) is 0.603. The van der Waals surface area contributed by atoms with Crippen molar-refractivity contribution in [2.45, 2.75) is 44.2 Å². The fraction of sp³-hybridized carbons (Fsp3) is 0.333. The summed E-state index contributed by atoms with van der Waals surface area (Å²) < 4.78 is 36.2.